The summed E-state index contributed by atoms with van der Waals surface area (Å²) in [5.41, 5.74) is 0.752. The van der Waals surface area contributed by atoms with Crippen molar-refractivity contribution in [2.75, 3.05) is 13.7 Å². The van der Waals surface area contributed by atoms with Crippen molar-refractivity contribution >= 4 is 5.91 Å². The maximum Gasteiger partial charge on any atom is 0.217 e. The maximum atomic E-state index is 10.6. The smallest absolute Gasteiger partial charge is 0.217 e. The molecule has 4 nitrogen and oxygen atoms in total. The van der Waals surface area contributed by atoms with Crippen LogP contribution in [0.2, 0.25) is 0 Å². The van der Waals surface area contributed by atoms with E-state index < -0.39 is 0 Å². The molecule has 1 amide bonds. The van der Waals surface area contributed by atoms with Crippen LogP contribution in [0.5, 0.6) is 0 Å². The van der Waals surface area contributed by atoms with Crippen molar-refractivity contribution in [1.29, 1.82) is 0 Å². The fourth-order valence-electron chi connectivity index (χ4n) is 0.740. The van der Waals surface area contributed by atoms with Crippen molar-refractivity contribution in [2.45, 2.75) is 6.92 Å². The lowest BCUT2D eigenvalue weighted by Gasteiger charge is -2.04. The minimum atomic E-state index is -0.121. The van der Waals surface area contributed by atoms with Gasteiger partial charge < -0.3 is 15.2 Å². The first kappa shape index (κ1) is 12.3. The Labute approximate surface area is 83.6 Å². The molecule has 0 atom stereocenters. The van der Waals surface area contributed by atoms with E-state index in [1.165, 1.54) is 14.0 Å². The molecule has 0 aliphatic heterocycles. The number of rotatable bonds is 5. The van der Waals surface area contributed by atoms with Gasteiger partial charge in [0, 0.05) is 13.5 Å². The van der Waals surface area contributed by atoms with Gasteiger partial charge in [-0.2, -0.15) is 0 Å². The van der Waals surface area contributed by atoms with Crippen LogP contribution >= 0.6 is 0 Å². The number of methoxy groups -OCH3 is 1. The molecule has 0 bridgehead atoms. The molecule has 0 radical (unpaired) electrons. The van der Waals surface area contributed by atoms with Gasteiger partial charge in [0.05, 0.1) is 7.11 Å². The number of hydrogen-bond acceptors (Lipinski definition) is 3. The van der Waals surface area contributed by atoms with E-state index in [0.29, 0.717) is 12.3 Å². The van der Waals surface area contributed by atoms with Crippen molar-refractivity contribution in [2.24, 2.45) is 0 Å². The number of nitrogens with one attached hydrogen (secondary N) is 1. The number of carbonyl (C=O) groups is 1. The Bertz CT molecular complexity index is 267. The van der Waals surface area contributed by atoms with Gasteiger partial charge in [0.25, 0.3) is 0 Å². The van der Waals surface area contributed by atoms with Crippen LogP contribution < -0.4 is 5.32 Å². The average Bonchev–Trinajstić information content (AvgIpc) is 2.18. The van der Waals surface area contributed by atoms with Crippen LogP contribution in [0.1, 0.15) is 6.92 Å². The van der Waals surface area contributed by atoms with Crippen molar-refractivity contribution in [3.8, 4) is 0 Å². The second kappa shape index (κ2) is 6.77. The lowest BCUT2D eigenvalue weighted by Crippen LogP contribution is -2.21. The first-order chi connectivity index (χ1) is 6.63. The van der Waals surface area contributed by atoms with E-state index in [0.717, 1.165) is 11.8 Å². The van der Waals surface area contributed by atoms with E-state index in [9.17, 15) is 4.79 Å². The largest absolute Gasteiger partial charge is 0.512 e. The van der Waals surface area contributed by atoms with Crippen molar-refractivity contribution < 1.29 is 14.6 Å². The Kier molecular flexibility index (Phi) is 5.94. The van der Waals surface area contributed by atoms with Gasteiger partial charge in [-0.1, -0.05) is 12.7 Å². The second-order valence-corrected chi connectivity index (χ2v) is 2.57. The molecule has 4 heteroatoms. The van der Waals surface area contributed by atoms with Crippen LogP contribution in [0, 0.1) is 0 Å². The SMILES string of the molecule is C=C/C(=C\C(=C\O)OC)CNC(C)=O. The van der Waals surface area contributed by atoms with Gasteiger partial charge in [-0.05, 0) is 11.6 Å². The van der Waals surface area contributed by atoms with Crippen LogP contribution in [-0.4, -0.2) is 24.7 Å². The van der Waals surface area contributed by atoms with E-state index in [4.69, 9.17) is 9.84 Å². The predicted molar refractivity (Wildman–Crippen MR) is 54.7 cm³/mol. The summed E-state index contributed by atoms with van der Waals surface area (Å²) in [6.45, 7) is 5.37. The zero-order valence-electron chi connectivity index (χ0n) is 8.41. The van der Waals surface area contributed by atoms with Gasteiger partial charge in [0.1, 0.15) is 6.26 Å². The number of amides is 1. The third-order valence-electron chi connectivity index (χ3n) is 1.49. The zero-order valence-corrected chi connectivity index (χ0v) is 8.41. The van der Waals surface area contributed by atoms with Crippen LogP contribution in [0.25, 0.3) is 0 Å². The van der Waals surface area contributed by atoms with Gasteiger partial charge in [-0.3, -0.25) is 4.79 Å². The maximum absolute atomic E-state index is 10.6. The number of carbonyl (C=O) groups excluding carboxylic acids is 1. The summed E-state index contributed by atoms with van der Waals surface area (Å²) in [7, 11) is 1.44. The first-order valence-electron chi connectivity index (χ1n) is 4.09. The van der Waals surface area contributed by atoms with Crippen LogP contribution in [0.4, 0.5) is 0 Å². The highest BCUT2D eigenvalue weighted by Gasteiger charge is 1.97. The van der Waals surface area contributed by atoms with E-state index in [-0.39, 0.29) is 5.91 Å². The van der Waals surface area contributed by atoms with E-state index in [1.807, 2.05) is 0 Å². The number of aliphatic hydroxyl groups excluding tert-OH is 1. The van der Waals surface area contributed by atoms with E-state index >= 15 is 0 Å². The van der Waals surface area contributed by atoms with Crippen molar-refractivity contribution in [3.63, 3.8) is 0 Å². The summed E-state index contributed by atoms with van der Waals surface area (Å²) < 4.78 is 4.81. The molecule has 0 unspecified atom stereocenters. The molecule has 0 heterocycles. The summed E-state index contributed by atoms with van der Waals surface area (Å²) in [5.74, 6) is 0.190. The standard InChI is InChI=1S/C10H15NO3/c1-4-9(6-11-8(2)13)5-10(7-12)14-3/h4-5,7,12H,1,6H2,2-3H3,(H,11,13)/b9-5+,10-7-. The summed E-state index contributed by atoms with van der Waals surface area (Å²) >= 11 is 0. The summed E-state index contributed by atoms with van der Waals surface area (Å²) in [4.78, 5) is 10.6. The Morgan fingerprint density at radius 3 is 2.64 bits per heavy atom. The monoisotopic (exact) mass is 197 g/mol. The van der Waals surface area contributed by atoms with Crippen LogP contribution in [-0.2, 0) is 9.53 Å². The van der Waals surface area contributed by atoms with E-state index in [1.54, 1.807) is 12.2 Å². The second-order valence-electron chi connectivity index (χ2n) is 2.57. The Balaban J connectivity index is 4.38. The molecular weight excluding hydrogens is 182 g/mol. The first-order valence-corrected chi connectivity index (χ1v) is 4.09. The van der Waals surface area contributed by atoms with Gasteiger partial charge >= 0.3 is 0 Å². The molecule has 0 rings (SSSR count). The molecule has 2 N–H and O–H groups in total. The van der Waals surface area contributed by atoms with Crippen LogP contribution in [0.3, 0.4) is 0 Å². The predicted octanol–water partition coefficient (Wildman–Crippen LogP) is 1.28. The highest BCUT2D eigenvalue weighted by atomic mass is 16.5. The molecule has 78 valence electrons. The van der Waals surface area contributed by atoms with E-state index in [2.05, 4.69) is 11.9 Å². The Morgan fingerprint density at radius 2 is 2.29 bits per heavy atom. The number of allylic oxidation sites excluding steroid dienone is 1. The quantitative estimate of drug-likeness (QED) is 0.515. The zero-order chi connectivity index (χ0) is 11.0. The fraction of sp³-hybridized carbons (Fsp3) is 0.300. The lowest BCUT2D eigenvalue weighted by atomic mass is 10.2. The van der Waals surface area contributed by atoms with Gasteiger partial charge in [0.15, 0.2) is 5.76 Å². The molecule has 0 aromatic carbocycles. The summed E-state index contributed by atoms with van der Waals surface area (Å²) in [5, 5.41) is 11.3. The van der Waals surface area contributed by atoms with Crippen molar-refractivity contribution in [1.82, 2.24) is 5.32 Å². The Morgan fingerprint density at radius 1 is 1.64 bits per heavy atom. The normalized spacial score (nSPS) is 12.1. The molecule has 14 heavy (non-hydrogen) atoms. The molecule has 0 aliphatic carbocycles. The van der Waals surface area contributed by atoms with Gasteiger partial charge in [-0.15, -0.1) is 0 Å². The molecule has 0 saturated carbocycles. The topological polar surface area (TPSA) is 58.6 Å². The highest BCUT2D eigenvalue weighted by molar-refractivity contribution is 5.73. The molecule has 0 fully saturated rings. The molecule has 0 aromatic rings. The molecule has 0 saturated heterocycles. The molecule has 0 aliphatic rings. The number of hydrogen-bond donors (Lipinski definition) is 2. The minimum Gasteiger partial charge on any atom is -0.512 e. The molecule has 0 aromatic heterocycles. The molecule has 0 spiro atoms. The molecular formula is C10H15NO3. The lowest BCUT2D eigenvalue weighted by molar-refractivity contribution is -0.118. The Hall–Kier alpha value is -1.71. The van der Waals surface area contributed by atoms with Gasteiger partial charge in [-0.25, -0.2) is 0 Å². The minimum absolute atomic E-state index is 0.121. The third-order valence-corrected chi connectivity index (χ3v) is 1.49. The van der Waals surface area contributed by atoms with Crippen LogP contribution in [0.15, 0.2) is 36.3 Å². The third kappa shape index (κ3) is 5.03. The summed E-state index contributed by atoms with van der Waals surface area (Å²) in [6, 6.07) is 0. The van der Waals surface area contributed by atoms with Gasteiger partial charge in [0.2, 0.25) is 5.91 Å². The number of ether oxygens (including phenoxy) is 1. The highest BCUT2D eigenvalue weighted by Crippen LogP contribution is 2.02. The average molecular weight is 197 g/mol. The van der Waals surface area contributed by atoms with Crippen molar-refractivity contribution in [3.05, 3.63) is 36.3 Å². The number of aliphatic hydroxyl groups is 1. The summed E-state index contributed by atoms with van der Waals surface area (Å²) in [6.07, 6.45) is 4.01. The fourth-order valence-corrected chi connectivity index (χ4v) is 0.740.